The van der Waals surface area contributed by atoms with Gasteiger partial charge in [0, 0.05) is 94.0 Å². The monoisotopic (exact) mass is 450 g/mol. The zero-order valence-corrected chi connectivity index (χ0v) is 10.3. The summed E-state index contributed by atoms with van der Waals surface area (Å²) in [5.74, 6) is 0. The maximum Gasteiger partial charge on any atom is 0 e. The Kier molecular flexibility index (Phi) is 248. The molecule has 0 N–H and O–H groups in total. The second-order valence-electron chi connectivity index (χ2n) is 0. The molecule has 0 aliphatic heterocycles. The van der Waals surface area contributed by atoms with E-state index in [2.05, 4.69) is 0 Å². The second kappa shape index (κ2) is 28.2. The van der Waals surface area contributed by atoms with Crippen LogP contribution in [0.25, 0.3) is 0 Å². The normalized spacial score (nSPS) is 0. The molecular weight excluding hydrogens is 448 g/mol. The van der Waals surface area contributed by atoms with Gasteiger partial charge in [-0.3, -0.25) is 0 Å². The van der Waals surface area contributed by atoms with E-state index in [-0.39, 0.29) is 94.0 Å². The van der Waals surface area contributed by atoms with Gasteiger partial charge in [-0.1, -0.05) is 0 Å². The van der Waals surface area contributed by atoms with Crippen LogP contribution in [-0.2, 0) is 94.0 Å². The van der Waals surface area contributed by atoms with Gasteiger partial charge in [0.15, 0.2) is 0 Å². The van der Waals surface area contributed by atoms with Gasteiger partial charge in [0.2, 0.25) is 0 Å². The van der Waals surface area contributed by atoms with Crippen LogP contribution in [0.2, 0.25) is 0 Å². The molecule has 2 radical (unpaired) electrons. The van der Waals surface area contributed by atoms with Crippen molar-refractivity contribution in [3.63, 3.8) is 0 Å². The van der Waals surface area contributed by atoms with Crippen LogP contribution in [0.4, 0.5) is 0 Å². The first-order valence-corrected chi connectivity index (χ1v) is 0. The Morgan fingerprint density at radius 1 is 1.00 bits per heavy atom. The smallest absolute Gasteiger partial charge is 0 e. The summed E-state index contributed by atoms with van der Waals surface area (Å²) >= 11 is 0. The van der Waals surface area contributed by atoms with Crippen molar-refractivity contribution in [1.29, 1.82) is 0 Å². The van der Waals surface area contributed by atoms with E-state index >= 15 is 0 Å². The fourth-order valence-electron chi connectivity index (χ4n) is 0. The molecule has 0 fully saturated rings. The molecule has 0 bridgehead atoms. The van der Waals surface area contributed by atoms with E-state index in [9.17, 15) is 0 Å². The van der Waals surface area contributed by atoms with E-state index in [1.165, 1.54) is 0 Å². The summed E-state index contributed by atoms with van der Waals surface area (Å²) in [6.45, 7) is 0. The van der Waals surface area contributed by atoms with Crippen molar-refractivity contribution < 1.29 is 94.0 Å². The fraction of sp³-hybridized carbons (Fsp3) is 0. The first-order chi connectivity index (χ1) is 0. The Balaban J connectivity index is 0. The van der Waals surface area contributed by atoms with Gasteiger partial charge in [0.25, 0.3) is 0 Å². The first-order valence-electron chi connectivity index (χ1n) is 0. The summed E-state index contributed by atoms with van der Waals surface area (Å²) < 4.78 is 0. The molecule has 36 valence electrons. The van der Waals surface area contributed by atoms with Crippen LogP contribution in [0.3, 0.4) is 0 Å². The molecule has 0 aliphatic rings. The standard InChI is InChI=1S/Co.Mo.Ni.V.W. The van der Waals surface area contributed by atoms with Crippen LogP contribution in [0.5, 0.6) is 0 Å². The Morgan fingerprint density at radius 3 is 1.00 bits per heavy atom. The van der Waals surface area contributed by atoms with Crippen molar-refractivity contribution in [2.75, 3.05) is 0 Å². The molecule has 0 unspecified atom stereocenters. The molecule has 0 spiro atoms. The van der Waals surface area contributed by atoms with Crippen molar-refractivity contribution in [1.82, 2.24) is 0 Å². The van der Waals surface area contributed by atoms with E-state index in [1.54, 1.807) is 0 Å². The van der Waals surface area contributed by atoms with Gasteiger partial charge in [-0.25, -0.2) is 0 Å². The van der Waals surface area contributed by atoms with Crippen molar-refractivity contribution >= 4 is 0 Å². The van der Waals surface area contributed by atoms with E-state index in [1.807, 2.05) is 0 Å². The van der Waals surface area contributed by atoms with E-state index in [4.69, 9.17) is 0 Å². The molecule has 0 aromatic rings. The Hall–Kier alpha value is 2.96. The van der Waals surface area contributed by atoms with Crippen LogP contribution >= 0.6 is 0 Å². The van der Waals surface area contributed by atoms with Gasteiger partial charge < -0.3 is 0 Å². The van der Waals surface area contributed by atoms with Crippen LogP contribution in [0, 0.1) is 0 Å². The molecule has 5 heteroatoms. The van der Waals surface area contributed by atoms with Gasteiger partial charge in [-0.15, -0.1) is 0 Å². The predicted molar refractivity (Wildman–Crippen MR) is 0 cm³/mol. The molecule has 0 atom stereocenters. The molecule has 0 rings (SSSR count). The molecule has 0 nitrogen and oxygen atoms in total. The van der Waals surface area contributed by atoms with Crippen molar-refractivity contribution in [3.05, 3.63) is 0 Å². The maximum absolute atomic E-state index is 0. The summed E-state index contributed by atoms with van der Waals surface area (Å²) in [7, 11) is 0. The molecule has 0 heterocycles. The minimum Gasteiger partial charge on any atom is 0 e. The first kappa shape index (κ1) is 44.0. The van der Waals surface area contributed by atoms with E-state index < -0.39 is 0 Å². The zero-order valence-electron chi connectivity index (χ0n) is 1.91. The molecule has 0 amide bonds. The SMILES string of the molecule is [Co].[Mo].[Ni].[V].[W]. The minimum atomic E-state index is 0. The molecular formula is CoMoNiVW. The van der Waals surface area contributed by atoms with Crippen LogP contribution in [0.15, 0.2) is 0 Å². The number of rotatable bonds is 0. The quantitative estimate of drug-likeness (QED) is 0.458. The van der Waals surface area contributed by atoms with Gasteiger partial charge >= 0.3 is 0 Å². The third-order valence-electron chi connectivity index (χ3n) is 0. The molecule has 0 saturated carbocycles. The van der Waals surface area contributed by atoms with Crippen LogP contribution in [-0.4, -0.2) is 0 Å². The third kappa shape index (κ3) is 19.5. The number of hydrogen-bond acceptors (Lipinski definition) is 0. The topological polar surface area (TPSA) is 0 Å². The molecule has 0 aliphatic carbocycles. The Bertz CT molecular complexity index is 11.6. The zero-order chi connectivity index (χ0) is 0. The van der Waals surface area contributed by atoms with E-state index in [0.717, 1.165) is 0 Å². The van der Waals surface area contributed by atoms with Crippen LogP contribution in [0.1, 0.15) is 0 Å². The Morgan fingerprint density at radius 2 is 1.00 bits per heavy atom. The second-order valence-corrected chi connectivity index (χ2v) is 0. The molecule has 5 heavy (non-hydrogen) atoms. The molecule has 0 aromatic heterocycles. The maximum atomic E-state index is 0. The number of hydrogen-bond donors (Lipinski definition) is 0. The van der Waals surface area contributed by atoms with Crippen molar-refractivity contribution in [3.8, 4) is 0 Å². The third-order valence-corrected chi connectivity index (χ3v) is 0. The predicted octanol–water partition coefficient (Wildman–Crippen LogP) is -0.0125. The average Bonchev–Trinajstić information content (AvgIpc) is 0. The summed E-state index contributed by atoms with van der Waals surface area (Å²) in [5.41, 5.74) is 0. The fourth-order valence-corrected chi connectivity index (χ4v) is 0. The van der Waals surface area contributed by atoms with Gasteiger partial charge in [-0.05, 0) is 0 Å². The van der Waals surface area contributed by atoms with Crippen molar-refractivity contribution in [2.45, 2.75) is 0 Å². The minimum absolute atomic E-state index is 0. The van der Waals surface area contributed by atoms with Gasteiger partial charge in [0.1, 0.15) is 0 Å². The van der Waals surface area contributed by atoms with Gasteiger partial charge in [-0.2, -0.15) is 0 Å². The summed E-state index contributed by atoms with van der Waals surface area (Å²) in [6.07, 6.45) is 0. The van der Waals surface area contributed by atoms with Crippen molar-refractivity contribution in [2.24, 2.45) is 0 Å². The summed E-state index contributed by atoms with van der Waals surface area (Å²) in [4.78, 5) is 0. The summed E-state index contributed by atoms with van der Waals surface area (Å²) in [5, 5.41) is 0. The van der Waals surface area contributed by atoms with Crippen LogP contribution < -0.4 is 0 Å². The molecule has 0 saturated heterocycles. The Labute approximate surface area is 92.5 Å². The largest absolute Gasteiger partial charge is 0 e. The average molecular weight is 448 g/mol. The summed E-state index contributed by atoms with van der Waals surface area (Å²) in [6, 6.07) is 0. The van der Waals surface area contributed by atoms with Gasteiger partial charge in [0.05, 0.1) is 0 Å². The van der Waals surface area contributed by atoms with E-state index in [0.29, 0.717) is 0 Å². The molecule has 0 aromatic carbocycles.